The van der Waals surface area contributed by atoms with E-state index < -0.39 is 6.17 Å². The van der Waals surface area contributed by atoms with E-state index in [0.29, 0.717) is 31.3 Å². The lowest BCUT2D eigenvalue weighted by molar-refractivity contribution is 0.306. The molecule has 1 fully saturated rings. The van der Waals surface area contributed by atoms with Crippen molar-refractivity contribution in [3.63, 3.8) is 0 Å². The lowest BCUT2D eigenvalue weighted by Gasteiger charge is -2.06. The molecule has 0 saturated carbocycles. The molecule has 1 aliphatic rings. The second-order valence-corrected chi connectivity index (χ2v) is 6.05. The lowest BCUT2D eigenvalue weighted by Crippen LogP contribution is -2.14. The van der Waals surface area contributed by atoms with Crippen molar-refractivity contribution in [2.75, 3.05) is 6.54 Å². The van der Waals surface area contributed by atoms with Gasteiger partial charge in [0.25, 0.3) is 0 Å². The van der Waals surface area contributed by atoms with E-state index >= 15 is 0 Å². The summed E-state index contributed by atoms with van der Waals surface area (Å²) in [6.45, 7) is 0.847. The molecule has 0 spiro atoms. The molecular weight excluding hydrogens is 357 g/mol. The second-order valence-electron chi connectivity index (χ2n) is 6.05. The summed E-state index contributed by atoms with van der Waals surface area (Å²) >= 11 is 0. The van der Waals surface area contributed by atoms with E-state index in [0.717, 1.165) is 16.9 Å². The Bertz CT molecular complexity index is 826. The number of nitrogens with one attached hydrogen (secondary N) is 1. The third kappa shape index (κ3) is 4.20. The molecule has 2 atom stereocenters. The molecule has 0 amide bonds. The standard InChI is InChI=1S/C19H18FN3O2.ClH/c20-15-10-17(21-11-15)19-22-18(23-25-19)14-6-8-16(9-7-14)24-12-13-4-2-1-3-5-13;/h1-9,15,17,21H,10-12H2;1H/t15-,17+;/m0./s1. The molecule has 5 nitrogen and oxygen atoms in total. The van der Waals surface area contributed by atoms with Crippen LogP contribution in [0.15, 0.2) is 59.1 Å². The summed E-state index contributed by atoms with van der Waals surface area (Å²) < 4.78 is 24.3. The largest absolute Gasteiger partial charge is 0.489 e. The molecule has 0 unspecified atom stereocenters. The number of aromatic nitrogens is 2. The molecule has 2 heterocycles. The minimum atomic E-state index is -0.860. The predicted octanol–water partition coefficient (Wildman–Crippen LogP) is 4.11. The molecular formula is C19H19ClFN3O2. The van der Waals surface area contributed by atoms with Gasteiger partial charge in [0.05, 0.1) is 6.04 Å². The van der Waals surface area contributed by atoms with Gasteiger partial charge in [0.15, 0.2) is 0 Å². The van der Waals surface area contributed by atoms with Crippen molar-refractivity contribution in [3.8, 4) is 17.1 Å². The van der Waals surface area contributed by atoms with Crippen LogP contribution in [0.2, 0.25) is 0 Å². The molecule has 0 bridgehead atoms. The monoisotopic (exact) mass is 375 g/mol. The molecule has 3 aromatic rings. The summed E-state index contributed by atoms with van der Waals surface area (Å²) in [5, 5.41) is 7.03. The van der Waals surface area contributed by atoms with Crippen LogP contribution in [0.4, 0.5) is 4.39 Å². The van der Waals surface area contributed by atoms with Gasteiger partial charge in [0.2, 0.25) is 11.7 Å². The summed E-state index contributed by atoms with van der Waals surface area (Å²) in [4.78, 5) is 4.37. The molecule has 136 valence electrons. The zero-order valence-electron chi connectivity index (χ0n) is 14.0. The lowest BCUT2D eigenvalue weighted by atomic mass is 10.2. The van der Waals surface area contributed by atoms with E-state index in [4.69, 9.17) is 9.26 Å². The fraction of sp³-hybridized carbons (Fsp3) is 0.263. The highest BCUT2D eigenvalue weighted by Gasteiger charge is 2.29. The van der Waals surface area contributed by atoms with Crippen LogP contribution in [0.25, 0.3) is 11.4 Å². The van der Waals surface area contributed by atoms with Gasteiger partial charge in [0, 0.05) is 18.5 Å². The van der Waals surface area contributed by atoms with E-state index in [-0.39, 0.29) is 18.4 Å². The minimum absolute atomic E-state index is 0. The number of hydrogen-bond donors (Lipinski definition) is 1. The van der Waals surface area contributed by atoms with Crippen molar-refractivity contribution in [3.05, 3.63) is 66.1 Å². The average molecular weight is 376 g/mol. The second kappa shape index (κ2) is 8.29. The van der Waals surface area contributed by atoms with Crippen LogP contribution >= 0.6 is 12.4 Å². The fourth-order valence-corrected chi connectivity index (χ4v) is 2.82. The van der Waals surface area contributed by atoms with Crippen LogP contribution in [0.1, 0.15) is 23.9 Å². The predicted molar refractivity (Wildman–Crippen MR) is 98.0 cm³/mol. The van der Waals surface area contributed by atoms with Crippen LogP contribution < -0.4 is 10.1 Å². The first-order valence-electron chi connectivity index (χ1n) is 8.26. The summed E-state index contributed by atoms with van der Waals surface area (Å²) in [6.07, 6.45) is -0.491. The van der Waals surface area contributed by atoms with Crippen molar-refractivity contribution in [1.82, 2.24) is 15.5 Å². The van der Waals surface area contributed by atoms with Gasteiger partial charge in [-0.25, -0.2) is 4.39 Å². The highest BCUT2D eigenvalue weighted by atomic mass is 35.5. The summed E-state index contributed by atoms with van der Waals surface area (Å²) in [7, 11) is 0. The molecule has 1 N–H and O–H groups in total. The third-order valence-electron chi connectivity index (χ3n) is 4.18. The number of halogens is 2. The first-order valence-corrected chi connectivity index (χ1v) is 8.26. The van der Waals surface area contributed by atoms with Crippen molar-refractivity contribution in [1.29, 1.82) is 0 Å². The molecule has 1 aliphatic heterocycles. The first-order chi connectivity index (χ1) is 12.3. The van der Waals surface area contributed by atoms with Crippen molar-refractivity contribution >= 4 is 12.4 Å². The number of benzene rings is 2. The molecule has 0 radical (unpaired) electrons. The van der Waals surface area contributed by atoms with Gasteiger partial charge in [-0.1, -0.05) is 35.5 Å². The number of nitrogens with zero attached hydrogens (tertiary/aromatic N) is 2. The maximum Gasteiger partial charge on any atom is 0.244 e. The SMILES string of the molecule is Cl.F[C@@H]1CN[C@@H](c2nc(-c3ccc(OCc4ccccc4)cc3)no2)C1. The van der Waals surface area contributed by atoms with Gasteiger partial charge in [-0.3, -0.25) is 0 Å². The summed E-state index contributed by atoms with van der Waals surface area (Å²) in [5.41, 5.74) is 1.95. The van der Waals surface area contributed by atoms with Gasteiger partial charge < -0.3 is 14.6 Å². The zero-order valence-corrected chi connectivity index (χ0v) is 14.8. The molecule has 1 aromatic heterocycles. The van der Waals surface area contributed by atoms with Crippen LogP contribution in [-0.2, 0) is 6.61 Å². The Kier molecular flexibility index (Phi) is 5.85. The quantitative estimate of drug-likeness (QED) is 0.727. The maximum atomic E-state index is 13.3. The van der Waals surface area contributed by atoms with Gasteiger partial charge >= 0.3 is 0 Å². The van der Waals surface area contributed by atoms with Crippen molar-refractivity contribution < 1.29 is 13.7 Å². The fourth-order valence-electron chi connectivity index (χ4n) is 2.82. The van der Waals surface area contributed by atoms with Gasteiger partial charge in [-0.05, 0) is 29.8 Å². The van der Waals surface area contributed by atoms with Crippen molar-refractivity contribution in [2.45, 2.75) is 25.2 Å². The Morgan fingerprint density at radius 2 is 1.88 bits per heavy atom. The van der Waals surface area contributed by atoms with E-state index in [1.807, 2.05) is 54.6 Å². The smallest absolute Gasteiger partial charge is 0.244 e. The van der Waals surface area contributed by atoms with E-state index in [2.05, 4.69) is 15.5 Å². The number of rotatable bonds is 5. The first kappa shape index (κ1) is 18.4. The molecule has 0 aliphatic carbocycles. The maximum absolute atomic E-state index is 13.3. The molecule has 2 aromatic carbocycles. The zero-order chi connectivity index (χ0) is 17.1. The summed E-state index contributed by atoms with van der Waals surface area (Å²) in [5.74, 6) is 1.70. The average Bonchev–Trinajstić information content (AvgIpc) is 3.30. The van der Waals surface area contributed by atoms with Crippen LogP contribution in [0.3, 0.4) is 0 Å². The van der Waals surface area contributed by atoms with Crippen LogP contribution in [0, 0.1) is 0 Å². The Labute approximate surface area is 157 Å². The van der Waals surface area contributed by atoms with Gasteiger partial charge in [-0.15, -0.1) is 12.4 Å². The number of hydrogen-bond acceptors (Lipinski definition) is 5. The van der Waals surface area contributed by atoms with Gasteiger partial charge in [0.1, 0.15) is 18.5 Å². The highest BCUT2D eigenvalue weighted by molar-refractivity contribution is 5.85. The molecule has 4 rings (SSSR count). The molecule has 26 heavy (non-hydrogen) atoms. The normalized spacial score (nSPS) is 19.1. The Morgan fingerprint density at radius 3 is 2.58 bits per heavy atom. The van der Waals surface area contributed by atoms with Crippen LogP contribution in [-0.4, -0.2) is 22.9 Å². The third-order valence-corrected chi connectivity index (χ3v) is 4.18. The molecule has 7 heteroatoms. The topological polar surface area (TPSA) is 60.2 Å². The molecule has 1 saturated heterocycles. The number of alkyl halides is 1. The van der Waals surface area contributed by atoms with Gasteiger partial charge in [-0.2, -0.15) is 4.98 Å². The number of ether oxygens (including phenoxy) is 1. The highest BCUT2D eigenvalue weighted by Crippen LogP contribution is 2.26. The minimum Gasteiger partial charge on any atom is -0.489 e. The summed E-state index contributed by atoms with van der Waals surface area (Å²) in [6, 6.07) is 17.3. The Balaban J connectivity index is 0.00000196. The van der Waals surface area contributed by atoms with E-state index in [1.54, 1.807) is 0 Å². The van der Waals surface area contributed by atoms with Crippen molar-refractivity contribution in [2.24, 2.45) is 0 Å². The Morgan fingerprint density at radius 1 is 1.12 bits per heavy atom. The van der Waals surface area contributed by atoms with E-state index in [9.17, 15) is 4.39 Å². The van der Waals surface area contributed by atoms with E-state index in [1.165, 1.54) is 0 Å². The van der Waals surface area contributed by atoms with Crippen LogP contribution in [0.5, 0.6) is 5.75 Å². The Hall–Kier alpha value is -2.44.